The maximum absolute atomic E-state index is 11.0. The molecule has 1 aliphatic carbocycles. The first kappa shape index (κ1) is 13.2. The van der Waals surface area contributed by atoms with E-state index in [-0.39, 0.29) is 0 Å². The zero-order chi connectivity index (χ0) is 14.2. The lowest BCUT2D eigenvalue weighted by molar-refractivity contribution is 0.0101. The normalized spacial score (nSPS) is 21.6. The summed E-state index contributed by atoms with van der Waals surface area (Å²) < 4.78 is 7.30. The number of aromatic nitrogens is 2. The average molecular weight is 272 g/mol. The third kappa shape index (κ3) is 2.10. The van der Waals surface area contributed by atoms with Gasteiger partial charge >= 0.3 is 0 Å². The first-order chi connectivity index (χ1) is 9.66. The molecule has 0 amide bonds. The van der Waals surface area contributed by atoms with Gasteiger partial charge in [0.1, 0.15) is 17.2 Å². The predicted octanol–water partition coefficient (Wildman–Crippen LogP) is 2.29. The zero-order valence-corrected chi connectivity index (χ0v) is 12.0. The van der Waals surface area contributed by atoms with Crippen molar-refractivity contribution in [3.05, 3.63) is 47.5 Å². The number of ether oxygens (including phenoxy) is 1. The fourth-order valence-electron chi connectivity index (χ4n) is 3.05. The molecule has 0 saturated heterocycles. The van der Waals surface area contributed by atoms with Crippen LogP contribution in [0.2, 0.25) is 0 Å². The summed E-state index contributed by atoms with van der Waals surface area (Å²) in [4.78, 5) is 4.38. The van der Waals surface area contributed by atoms with E-state index in [1.165, 1.54) is 5.56 Å². The lowest BCUT2D eigenvalue weighted by Crippen LogP contribution is -2.36. The highest BCUT2D eigenvalue weighted by Gasteiger charge is 2.37. The van der Waals surface area contributed by atoms with Crippen molar-refractivity contribution in [3.63, 3.8) is 0 Å². The summed E-state index contributed by atoms with van der Waals surface area (Å²) >= 11 is 0. The van der Waals surface area contributed by atoms with Crippen molar-refractivity contribution in [2.24, 2.45) is 0 Å². The van der Waals surface area contributed by atoms with Crippen molar-refractivity contribution in [3.8, 4) is 5.75 Å². The second-order valence-corrected chi connectivity index (χ2v) is 5.38. The van der Waals surface area contributed by atoms with E-state index < -0.39 is 5.60 Å². The van der Waals surface area contributed by atoms with Gasteiger partial charge in [0.05, 0.1) is 7.11 Å². The van der Waals surface area contributed by atoms with Crippen LogP contribution >= 0.6 is 0 Å². The van der Waals surface area contributed by atoms with Crippen molar-refractivity contribution in [1.82, 2.24) is 9.55 Å². The molecule has 20 heavy (non-hydrogen) atoms. The van der Waals surface area contributed by atoms with Crippen LogP contribution in [0.15, 0.2) is 30.6 Å². The molecule has 1 aromatic carbocycles. The van der Waals surface area contributed by atoms with E-state index in [0.29, 0.717) is 12.8 Å². The Labute approximate surface area is 119 Å². The summed E-state index contributed by atoms with van der Waals surface area (Å²) in [6, 6.07) is 6.11. The fourth-order valence-corrected chi connectivity index (χ4v) is 3.05. The van der Waals surface area contributed by atoms with Gasteiger partial charge in [0.15, 0.2) is 0 Å². The molecule has 1 aliphatic rings. The van der Waals surface area contributed by atoms with Gasteiger partial charge in [-0.2, -0.15) is 0 Å². The topological polar surface area (TPSA) is 47.3 Å². The molecule has 1 unspecified atom stereocenters. The van der Waals surface area contributed by atoms with Crippen LogP contribution in [0.1, 0.15) is 30.3 Å². The standard InChI is InChI=1S/C16H20N2O2/c1-3-18-9-8-17-15(18)16(19)7-6-12-4-5-14(20-2)10-13(12)11-16/h4-5,8-10,19H,3,6-7,11H2,1-2H3. The summed E-state index contributed by atoms with van der Waals surface area (Å²) in [6.07, 6.45) is 5.86. The molecule has 0 radical (unpaired) electrons. The number of imidazole rings is 1. The Kier molecular flexibility index (Phi) is 3.26. The van der Waals surface area contributed by atoms with E-state index in [0.717, 1.165) is 30.1 Å². The smallest absolute Gasteiger partial charge is 0.141 e. The van der Waals surface area contributed by atoms with Gasteiger partial charge in [-0.1, -0.05) is 6.07 Å². The molecule has 4 nitrogen and oxygen atoms in total. The van der Waals surface area contributed by atoms with Gasteiger partial charge in [0.25, 0.3) is 0 Å². The second kappa shape index (κ2) is 4.94. The third-order valence-electron chi connectivity index (χ3n) is 4.18. The Morgan fingerprint density at radius 1 is 1.40 bits per heavy atom. The minimum atomic E-state index is -0.876. The van der Waals surface area contributed by atoms with Crippen molar-refractivity contribution < 1.29 is 9.84 Å². The molecule has 4 heteroatoms. The van der Waals surface area contributed by atoms with Crippen LogP contribution in [0.3, 0.4) is 0 Å². The lowest BCUT2D eigenvalue weighted by Gasteiger charge is -2.33. The van der Waals surface area contributed by atoms with Crippen LogP contribution in [-0.4, -0.2) is 21.8 Å². The Bertz CT molecular complexity index is 621. The number of rotatable bonds is 3. The fraction of sp³-hybridized carbons (Fsp3) is 0.438. The number of methoxy groups -OCH3 is 1. The molecule has 2 aromatic rings. The number of hydrogen-bond donors (Lipinski definition) is 1. The van der Waals surface area contributed by atoms with E-state index in [1.807, 2.05) is 22.9 Å². The number of nitrogens with zero attached hydrogens (tertiary/aromatic N) is 2. The average Bonchev–Trinajstić information content (AvgIpc) is 2.95. The molecule has 1 N–H and O–H groups in total. The summed E-state index contributed by atoms with van der Waals surface area (Å²) in [6.45, 7) is 2.89. The number of hydrogen-bond acceptors (Lipinski definition) is 3. The minimum absolute atomic E-state index is 0.594. The van der Waals surface area contributed by atoms with Crippen LogP contribution in [0.25, 0.3) is 0 Å². The third-order valence-corrected chi connectivity index (χ3v) is 4.18. The lowest BCUT2D eigenvalue weighted by atomic mass is 9.80. The molecule has 0 saturated carbocycles. The summed E-state index contributed by atoms with van der Waals surface area (Å²) in [5.74, 6) is 1.61. The maximum atomic E-state index is 11.0. The van der Waals surface area contributed by atoms with Crippen molar-refractivity contribution in [2.75, 3.05) is 7.11 Å². The molecule has 1 heterocycles. The van der Waals surface area contributed by atoms with Gasteiger partial charge in [-0.05, 0) is 43.0 Å². The predicted molar refractivity (Wildman–Crippen MR) is 76.8 cm³/mol. The molecular formula is C16H20N2O2. The van der Waals surface area contributed by atoms with Crippen molar-refractivity contribution in [1.29, 1.82) is 0 Å². The van der Waals surface area contributed by atoms with Crippen molar-refractivity contribution >= 4 is 0 Å². The van der Waals surface area contributed by atoms with Gasteiger partial charge in [0.2, 0.25) is 0 Å². The van der Waals surface area contributed by atoms with Gasteiger partial charge in [-0.25, -0.2) is 4.98 Å². The van der Waals surface area contributed by atoms with Crippen LogP contribution in [0, 0.1) is 0 Å². The number of aliphatic hydroxyl groups is 1. The SMILES string of the molecule is CCn1ccnc1C1(O)CCc2ccc(OC)cc2C1. The Morgan fingerprint density at radius 3 is 3.00 bits per heavy atom. The second-order valence-electron chi connectivity index (χ2n) is 5.38. The molecule has 0 fully saturated rings. The molecule has 0 aliphatic heterocycles. The number of fused-ring (bicyclic) bond motifs is 1. The molecular weight excluding hydrogens is 252 g/mol. The van der Waals surface area contributed by atoms with E-state index >= 15 is 0 Å². The summed E-state index contributed by atoms with van der Waals surface area (Å²) in [5.41, 5.74) is 1.58. The monoisotopic (exact) mass is 272 g/mol. The Hall–Kier alpha value is -1.81. The summed E-state index contributed by atoms with van der Waals surface area (Å²) in [7, 11) is 1.67. The van der Waals surface area contributed by atoms with E-state index in [9.17, 15) is 5.11 Å². The highest BCUT2D eigenvalue weighted by atomic mass is 16.5. The van der Waals surface area contributed by atoms with Crippen LogP contribution in [0.5, 0.6) is 5.75 Å². The largest absolute Gasteiger partial charge is 0.497 e. The van der Waals surface area contributed by atoms with E-state index in [4.69, 9.17) is 4.74 Å². The van der Waals surface area contributed by atoms with Gasteiger partial charge in [0, 0.05) is 25.4 Å². The van der Waals surface area contributed by atoms with Gasteiger partial charge in [-0.3, -0.25) is 0 Å². The first-order valence-corrected chi connectivity index (χ1v) is 7.06. The molecule has 106 valence electrons. The molecule has 1 aromatic heterocycles. The first-order valence-electron chi connectivity index (χ1n) is 7.06. The summed E-state index contributed by atoms with van der Waals surface area (Å²) in [5, 5.41) is 11.0. The molecule has 0 bridgehead atoms. The number of benzene rings is 1. The molecule has 0 spiro atoms. The van der Waals surface area contributed by atoms with Crippen molar-refractivity contribution in [2.45, 2.75) is 38.3 Å². The molecule has 3 rings (SSSR count). The van der Waals surface area contributed by atoms with Crippen LogP contribution < -0.4 is 4.74 Å². The van der Waals surface area contributed by atoms with Crippen LogP contribution in [-0.2, 0) is 25.0 Å². The highest BCUT2D eigenvalue weighted by molar-refractivity contribution is 5.39. The Morgan fingerprint density at radius 2 is 2.25 bits per heavy atom. The van der Waals surface area contributed by atoms with E-state index in [2.05, 4.69) is 18.0 Å². The molecule has 1 atom stereocenters. The van der Waals surface area contributed by atoms with E-state index in [1.54, 1.807) is 13.3 Å². The highest BCUT2D eigenvalue weighted by Crippen LogP contribution is 2.37. The number of aryl methyl sites for hydroxylation is 2. The van der Waals surface area contributed by atoms with Gasteiger partial charge < -0.3 is 14.4 Å². The minimum Gasteiger partial charge on any atom is -0.497 e. The Balaban J connectivity index is 1.97. The van der Waals surface area contributed by atoms with Gasteiger partial charge in [-0.15, -0.1) is 0 Å². The quantitative estimate of drug-likeness (QED) is 0.932. The maximum Gasteiger partial charge on any atom is 0.141 e. The van der Waals surface area contributed by atoms with Crippen LogP contribution in [0.4, 0.5) is 0 Å². The zero-order valence-electron chi connectivity index (χ0n) is 12.0.